The summed E-state index contributed by atoms with van der Waals surface area (Å²) in [5, 5.41) is 5.71. The Kier molecular flexibility index (Phi) is 5.12. The second kappa shape index (κ2) is 7.65. The highest BCUT2D eigenvalue weighted by Crippen LogP contribution is 2.19. The molecule has 2 aromatic carbocycles. The monoisotopic (exact) mass is 350 g/mol. The summed E-state index contributed by atoms with van der Waals surface area (Å²) >= 11 is 0. The molecule has 0 aliphatic carbocycles. The maximum absolute atomic E-state index is 13.6. The Labute approximate surface area is 151 Å². The van der Waals surface area contributed by atoms with Crippen molar-refractivity contribution in [2.24, 2.45) is 0 Å². The zero-order valence-corrected chi connectivity index (χ0v) is 14.5. The van der Waals surface area contributed by atoms with Crippen molar-refractivity contribution in [3.05, 3.63) is 78.2 Å². The minimum atomic E-state index is -0.364. The smallest absolute Gasteiger partial charge is 0.257 e. The SMILES string of the molecule is CN(C)c1ccc(NC(=O)c2ccc(Nc3ccccc3F)nc2)cc1. The minimum absolute atomic E-state index is 0.257. The number of hydrogen-bond donors (Lipinski definition) is 2. The number of rotatable bonds is 5. The number of halogens is 1. The van der Waals surface area contributed by atoms with E-state index in [2.05, 4.69) is 15.6 Å². The van der Waals surface area contributed by atoms with Gasteiger partial charge in [-0.05, 0) is 48.5 Å². The van der Waals surface area contributed by atoms with Crippen LogP contribution in [0.15, 0.2) is 66.9 Å². The van der Waals surface area contributed by atoms with Crippen LogP contribution in [0.5, 0.6) is 0 Å². The van der Waals surface area contributed by atoms with Crippen molar-refractivity contribution in [3.8, 4) is 0 Å². The summed E-state index contributed by atoms with van der Waals surface area (Å²) in [4.78, 5) is 18.5. The minimum Gasteiger partial charge on any atom is -0.378 e. The van der Waals surface area contributed by atoms with Gasteiger partial charge in [0.25, 0.3) is 5.91 Å². The Bertz CT molecular complexity index is 892. The number of carbonyl (C=O) groups is 1. The first-order chi connectivity index (χ1) is 12.5. The Balaban J connectivity index is 1.66. The third-order valence-electron chi connectivity index (χ3n) is 3.80. The molecule has 3 rings (SSSR count). The molecule has 1 aromatic heterocycles. The largest absolute Gasteiger partial charge is 0.378 e. The van der Waals surface area contributed by atoms with Crippen LogP contribution >= 0.6 is 0 Å². The van der Waals surface area contributed by atoms with E-state index in [1.165, 1.54) is 12.3 Å². The number of hydrogen-bond acceptors (Lipinski definition) is 4. The van der Waals surface area contributed by atoms with Gasteiger partial charge in [-0.15, -0.1) is 0 Å². The van der Waals surface area contributed by atoms with Crippen molar-refractivity contribution in [3.63, 3.8) is 0 Å². The van der Waals surface area contributed by atoms with Crippen LogP contribution < -0.4 is 15.5 Å². The highest BCUT2D eigenvalue weighted by Gasteiger charge is 2.08. The van der Waals surface area contributed by atoms with Crippen LogP contribution in [0.25, 0.3) is 0 Å². The summed E-state index contributed by atoms with van der Waals surface area (Å²) in [7, 11) is 3.91. The highest BCUT2D eigenvalue weighted by atomic mass is 19.1. The number of para-hydroxylation sites is 1. The number of pyridine rings is 1. The molecule has 0 saturated carbocycles. The molecule has 0 aliphatic heterocycles. The van der Waals surface area contributed by atoms with Gasteiger partial charge in [0, 0.05) is 31.7 Å². The lowest BCUT2D eigenvalue weighted by molar-refractivity contribution is 0.102. The van der Waals surface area contributed by atoms with Crippen LogP contribution in [0.3, 0.4) is 0 Å². The van der Waals surface area contributed by atoms with E-state index in [9.17, 15) is 9.18 Å². The van der Waals surface area contributed by atoms with Crippen molar-refractivity contribution < 1.29 is 9.18 Å². The van der Waals surface area contributed by atoms with E-state index in [4.69, 9.17) is 0 Å². The molecule has 1 heterocycles. The summed E-state index contributed by atoms with van der Waals surface area (Å²) in [6.07, 6.45) is 1.45. The normalized spacial score (nSPS) is 10.3. The van der Waals surface area contributed by atoms with Crippen LogP contribution in [0.4, 0.5) is 27.3 Å². The van der Waals surface area contributed by atoms with Crippen molar-refractivity contribution in [1.29, 1.82) is 0 Å². The van der Waals surface area contributed by atoms with Crippen molar-refractivity contribution in [2.45, 2.75) is 0 Å². The molecular formula is C20H19FN4O. The fraction of sp³-hybridized carbons (Fsp3) is 0.100. The first kappa shape index (κ1) is 17.4. The number of aromatic nitrogens is 1. The summed E-state index contributed by atoms with van der Waals surface area (Å²) in [5.74, 6) is -0.160. The molecule has 26 heavy (non-hydrogen) atoms. The fourth-order valence-corrected chi connectivity index (χ4v) is 2.35. The Morgan fingerprint density at radius 3 is 2.35 bits per heavy atom. The van der Waals surface area contributed by atoms with E-state index in [1.54, 1.807) is 30.3 Å². The first-order valence-electron chi connectivity index (χ1n) is 8.09. The summed E-state index contributed by atoms with van der Waals surface area (Å²) in [5.41, 5.74) is 2.50. The Morgan fingerprint density at radius 2 is 1.73 bits per heavy atom. The maximum Gasteiger partial charge on any atom is 0.257 e. The number of carbonyl (C=O) groups excluding carboxylic acids is 1. The van der Waals surface area contributed by atoms with Crippen molar-refractivity contribution >= 4 is 28.8 Å². The lowest BCUT2D eigenvalue weighted by atomic mass is 10.2. The molecule has 132 valence electrons. The molecule has 0 fully saturated rings. The molecule has 0 spiro atoms. The molecule has 0 bridgehead atoms. The van der Waals surface area contributed by atoms with Gasteiger partial charge in [0.15, 0.2) is 0 Å². The van der Waals surface area contributed by atoms with E-state index in [0.29, 0.717) is 22.8 Å². The van der Waals surface area contributed by atoms with E-state index < -0.39 is 0 Å². The molecule has 2 N–H and O–H groups in total. The van der Waals surface area contributed by atoms with Crippen LogP contribution in [0.2, 0.25) is 0 Å². The molecule has 0 aliphatic rings. The van der Waals surface area contributed by atoms with Gasteiger partial charge >= 0.3 is 0 Å². The summed E-state index contributed by atoms with van der Waals surface area (Å²) < 4.78 is 13.6. The van der Waals surface area contributed by atoms with E-state index in [-0.39, 0.29) is 11.7 Å². The van der Waals surface area contributed by atoms with Crippen LogP contribution in [-0.4, -0.2) is 25.0 Å². The second-order valence-electron chi connectivity index (χ2n) is 5.93. The predicted molar refractivity (Wildman–Crippen MR) is 103 cm³/mol. The van der Waals surface area contributed by atoms with Gasteiger partial charge in [0.05, 0.1) is 11.3 Å². The van der Waals surface area contributed by atoms with Gasteiger partial charge in [0.2, 0.25) is 0 Å². The van der Waals surface area contributed by atoms with Gasteiger partial charge in [-0.1, -0.05) is 12.1 Å². The van der Waals surface area contributed by atoms with Crippen molar-refractivity contribution in [1.82, 2.24) is 4.98 Å². The average molecular weight is 350 g/mol. The number of anilines is 4. The first-order valence-corrected chi connectivity index (χ1v) is 8.09. The third kappa shape index (κ3) is 4.16. The number of amides is 1. The van der Waals surface area contributed by atoms with Gasteiger partial charge in [-0.2, -0.15) is 0 Å². The van der Waals surface area contributed by atoms with Gasteiger partial charge in [-0.25, -0.2) is 9.37 Å². The summed E-state index contributed by atoms with van der Waals surface area (Å²) in [6.45, 7) is 0. The molecule has 0 atom stereocenters. The molecule has 6 heteroatoms. The topological polar surface area (TPSA) is 57.3 Å². The number of nitrogens with one attached hydrogen (secondary N) is 2. The number of benzene rings is 2. The molecule has 5 nitrogen and oxygen atoms in total. The van der Waals surface area contributed by atoms with Crippen LogP contribution in [0, 0.1) is 5.82 Å². The van der Waals surface area contributed by atoms with Gasteiger partial charge in [-0.3, -0.25) is 4.79 Å². The highest BCUT2D eigenvalue weighted by molar-refractivity contribution is 6.04. The molecule has 3 aromatic rings. The molecular weight excluding hydrogens is 331 g/mol. The zero-order valence-electron chi connectivity index (χ0n) is 14.5. The fourth-order valence-electron chi connectivity index (χ4n) is 2.35. The lowest BCUT2D eigenvalue weighted by Gasteiger charge is -2.13. The zero-order chi connectivity index (χ0) is 18.5. The Morgan fingerprint density at radius 1 is 1.00 bits per heavy atom. The van der Waals surface area contributed by atoms with E-state index in [0.717, 1.165) is 5.69 Å². The second-order valence-corrected chi connectivity index (χ2v) is 5.93. The van der Waals surface area contributed by atoms with E-state index >= 15 is 0 Å². The predicted octanol–water partition coefficient (Wildman–Crippen LogP) is 4.28. The number of nitrogens with zero attached hydrogens (tertiary/aromatic N) is 2. The average Bonchev–Trinajstić information content (AvgIpc) is 2.64. The van der Waals surface area contributed by atoms with Gasteiger partial charge in [0.1, 0.15) is 11.6 Å². The quantitative estimate of drug-likeness (QED) is 0.721. The standard InChI is InChI=1S/C20H19FN4O/c1-25(2)16-10-8-15(9-11-16)23-20(26)14-7-12-19(22-13-14)24-18-6-4-3-5-17(18)21/h3-13H,1-2H3,(H,22,24)(H,23,26). The molecule has 0 saturated heterocycles. The van der Waals surface area contributed by atoms with Crippen LogP contribution in [0.1, 0.15) is 10.4 Å². The van der Waals surface area contributed by atoms with Gasteiger partial charge < -0.3 is 15.5 Å². The Hall–Kier alpha value is -3.41. The maximum atomic E-state index is 13.6. The summed E-state index contributed by atoms with van der Waals surface area (Å²) in [6, 6.07) is 17.1. The van der Waals surface area contributed by atoms with E-state index in [1.807, 2.05) is 43.3 Å². The lowest BCUT2D eigenvalue weighted by Crippen LogP contribution is -2.13. The molecule has 1 amide bonds. The third-order valence-corrected chi connectivity index (χ3v) is 3.80. The van der Waals surface area contributed by atoms with Crippen molar-refractivity contribution in [2.75, 3.05) is 29.6 Å². The van der Waals surface area contributed by atoms with Crippen LogP contribution in [-0.2, 0) is 0 Å². The molecule has 0 radical (unpaired) electrons. The molecule has 0 unspecified atom stereocenters.